The van der Waals surface area contributed by atoms with Gasteiger partial charge in [-0.3, -0.25) is 10.6 Å². The minimum atomic E-state index is 0.0502. The van der Waals surface area contributed by atoms with Crippen LogP contribution in [-0.2, 0) is 4.79 Å². The summed E-state index contributed by atoms with van der Waals surface area (Å²) in [5, 5.41) is 2.86. The first-order valence-corrected chi connectivity index (χ1v) is 5.90. The Balaban J connectivity index is 2.24. The third-order valence-electron chi connectivity index (χ3n) is 2.37. The van der Waals surface area contributed by atoms with Crippen LogP contribution in [0.5, 0.6) is 0 Å². The van der Waals surface area contributed by atoms with E-state index in [1.807, 2.05) is 30.1 Å². The fraction of sp³-hybridized carbons (Fsp3) is 0.300. The lowest BCUT2D eigenvalue weighted by Crippen LogP contribution is -2.35. The number of nitrogens with one attached hydrogen (secondary N) is 2. The maximum absolute atomic E-state index is 11.3. The number of rotatable bonds is 3. The van der Waals surface area contributed by atoms with E-state index in [4.69, 9.17) is 5.84 Å². The summed E-state index contributed by atoms with van der Waals surface area (Å²) in [5.74, 6) is 5.80. The minimum absolute atomic E-state index is 0.0502. The van der Waals surface area contributed by atoms with E-state index in [0.717, 1.165) is 16.3 Å². The molecule has 2 rings (SSSR count). The van der Waals surface area contributed by atoms with Gasteiger partial charge in [-0.1, -0.05) is 0 Å². The molecule has 0 fully saturated rings. The van der Waals surface area contributed by atoms with Crippen LogP contribution in [0.3, 0.4) is 0 Å². The molecule has 0 spiro atoms. The topological polar surface area (TPSA) is 70.4 Å². The van der Waals surface area contributed by atoms with Crippen molar-refractivity contribution in [2.24, 2.45) is 5.84 Å². The first-order valence-electron chi connectivity index (χ1n) is 4.92. The largest absolute Gasteiger partial charge is 0.361 e. The predicted octanol–water partition coefficient (Wildman–Crippen LogP) is 0.588. The van der Waals surface area contributed by atoms with Crippen molar-refractivity contribution in [3.63, 3.8) is 0 Å². The van der Waals surface area contributed by atoms with Crippen LogP contribution < -0.4 is 21.5 Å². The Morgan fingerprint density at radius 2 is 2.44 bits per heavy atom. The molecule has 0 radical (unpaired) electrons. The Labute approximate surface area is 98.3 Å². The normalized spacial score (nSPS) is 14.2. The number of hydrogen-bond acceptors (Lipinski definition) is 5. The van der Waals surface area contributed by atoms with Crippen LogP contribution in [0.15, 0.2) is 23.1 Å². The zero-order valence-corrected chi connectivity index (χ0v) is 9.80. The SMILES string of the molecule is CN(CNN)c1ccc2c(c1)NC(=O)CS2. The van der Waals surface area contributed by atoms with Gasteiger partial charge in [-0.15, -0.1) is 11.8 Å². The van der Waals surface area contributed by atoms with Gasteiger partial charge in [-0.2, -0.15) is 0 Å². The Morgan fingerprint density at radius 1 is 1.62 bits per heavy atom. The number of fused-ring (bicyclic) bond motifs is 1. The Bertz CT molecular complexity index is 410. The highest BCUT2D eigenvalue weighted by molar-refractivity contribution is 8.00. The van der Waals surface area contributed by atoms with Crippen molar-refractivity contribution in [2.75, 3.05) is 29.7 Å². The van der Waals surface area contributed by atoms with Crippen LogP contribution in [0.25, 0.3) is 0 Å². The molecule has 5 nitrogen and oxygen atoms in total. The van der Waals surface area contributed by atoms with E-state index in [1.54, 1.807) is 11.8 Å². The second-order valence-electron chi connectivity index (χ2n) is 3.58. The third-order valence-corrected chi connectivity index (χ3v) is 3.44. The highest BCUT2D eigenvalue weighted by atomic mass is 32.2. The Hall–Kier alpha value is -1.24. The number of thioether (sulfide) groups is 1. The van der Waals surface area contributed by atoms with Crippen molar-refractivity contribution in [3.05, 3.63) is 18.2 Å². The molecule has 16 heavy (non-hydrogen) atoms. The first-order chi connectivity index (χ1) is 7.70. The average molecular weight is 238 g/mol. The van der Waals surface area contributed by atoms with Crippen LogP contribution in [0.2, 0.25) is 0 Å². The molecule has 1 aliphatic rings. The standard InChI is InChI=1S/C10H14N4OS/c1-14(6-12-11)7-2-3-9-8(4-7)13-10(15)5-16-9/h2-4,12H,5-6,11H2,1H3,(H,13,15). The van der Waals surface area contributed by atoms with Gasteiger partial charge in [0.2, 0.25) is 5.91 Å². The van der Waals surface area contributed by atoms with Gasteiger partial charge < -0.3 is 10.2 Å². The van der Waals surface area contributed by atoms with Crippen LogP contribution in [-0.4, -0.2) is 25.4 Å². The van der Waals surface area contributed by atoms with Gasteiger partial charge in [0.05, 0.1) is 18.1 Å². The quantitative estimate of drug-likeness (QED) is 0.408. The highest BCUT2D eigenvalue weighted by Crippen LogP contribution is 2.33. The second-order valence-corrected chi connectivity index (χ2v) is 4.59. The predicted molar refractivity (Wildman–Crippen MR) is 66.4 cm³/mol. The summed E-state index contributed by atoms with van der Waals surface area (Å²) in [6.07, 6.45) is 0. The van der Waals surface area contributed by atoms with Gasteiger partial charge in [0.15, 0.2) is 0 Å². The molecule has 0 bridgehead atoms. The number of hydrazine groups is 1. The van der Waals surface area contributed by atoms with E-state index in [0.29, 0.717) is 12.4 Å². The fourth-order valence-corrected chi connectivity index (χ4v) is 2.33. The van der Waals surface area contributed by atoms with Gasteiger partial charge in [0.1, 0.15) is 0 Å². The van der Waals surface area contributed by atoms with Crippen molar-refractivity contribution >= 4 is 29.0 Å². The van der Waals surface area contributed by atoms with Crippen molar-refractivity contribution < 1.29 is 4.79 Å². The number of anilines is 2. The lowest BCUT2D eigenvalue weighted by atomic mass is 10.2. The molecule has 4 N–H and O–H groups in total. The van der Waals surface area contributed by atoms with E-state index in [-0.39, 0.29) is 5.91 Å². The number of carbonyl (C=O) groups excluding carboxylic acids is 1. The summed E-state index contributed by atoms with van der Waals surface area (Å²) in [6, 6.07) is 5.99. The van der Waals surface area contributed by atoms with Crippen molar-refractivity contribution in [3.8, 4) is 0 Å². The first kappa shape index (κ1) is 11.3. The summed E-state index contributed by atoms with van der Waals surface area (Å²) in [5.41, 5.74) is 4.48. The van der Waals surface area contributed by atoms with Crippen LogP contribution >= 0.6 is 11.8 Å². The molecule has 1 aromatic rings. The molecule has 1 aliphatic heterocycles. The smallest absolute Gasteiger partial charge is 0.234 e. The zero-order chi connectivity index (χ0) is 11.5. The summed E-state index contributed by atoms with van der Waals surface area (Å²) in [6.45, 7) is 0.555. The molecule has 0 aliphatic carbocycles. The van der Waals surface area contributed by atoms with E-state index in [9.17, 15) is 4.79 Å². The zero-order valence-electron chi connectivity index (χ0n) is 8.99. The lowest BCUT2D eigenvalue weighted by molar-refractivity contribution is -0.113. The number of nitrogens with zero attached hydrogens (tertiary/aromatic N) is 1. The molecular formula is C10H14N4OS. The van der Waals surface area contributed by atoms with Gasteiger partial charge in [-0.05, 0) is 18.2 Å². The van der Waals surface area contributed by atoms with E-state index >= 15 is 0 Å². The number of hydrogen-bond donors (Lipinski definition) is 3. The monoisotopic (exact) mass is 238 g/mol. The molecule has 1 amide bonds. The molecule has 1 heterocycles. The van der Waals surface area contributed by atoms with Crippen molar-refractivity contribution in [1.29, 1.82) is 0 Å². The summed E-state index contributed by atoms with van der Waals surface area (Å²) >= 11 is 1.56. The maximum atomic E-state index is 11.3. The maximum Gasteiger partial charge on any atom is 0.234 e. The molecule has 0 unspecified atom stereocenters. The molecule has 0 saturated carbocycles. The molecule has 0 saturated heterocycles. The summed E-state index contributed by atoms with van der Waals surface area (Å²) in [4.78, 5) is 14.3. The van der Waals surface area contributed by atoms with Crippen molar-refractivity contribution in [1.82, 2.24) is 5.43 Å². The average Bonchev–Trinajstić information content (AvgIpc) is 2.28. The summed E-state index contributed by atoms with van der Waals surface area (Å²) < 4.78 is 0. The molecule has 0 aromatic heterocycles. The Morgan fingerprint density at radius 3 is 3.19 bits per heavy atom. The molecule has 86 valence electrons. The number of carbonyl (C=O) groups is 1. The van der Waals surface area contributed by atoms with Gasteiger partial charge >= 0.3 is 0 Å². The van der Waals surface area contributed by atoms with E-state index in [2.05, 4.69) is 10.7 Å². The second kappa shape index (κ2) is 4.73. The lowest BCUT2D eigenvalue weighted by Gasteiger charge is -2.22. The number of amides is 1. The highest BCUT2D eigenvalue weighted by Gasteiger charge is 2.15. The molecule has 0 atom stereocenters. The fourth-order valence-electron chi connectivity index (χ4n) is 1.54. The van der Waals surface area contributed by atoms with Gasteiger partial charge in [-0.25, -0.2) is 5.43 Å². The van der Waals surface area contributed by atoms with E-state index in [1.165, 1.54) is 0 Å². The molecule has 1 aromatic carbocycles. The number of benzene rings is 1. The number of nitrogens with two attached hydrogens (primary N) is 1. The third kappa shape index (κ3) is 2.29. The molecule has 6 heteroatoms. The van der Waals surface area contributed by atoms with Crippen LogP contribution in [0.1, 0.15) is 0 Å². The van der Waals surface area contributed by atoms with Crippen LogP contribution in [0.4, 0.5) is 11.4 Å². The summed E-state index contributed by atoms with van der Waals surface area (Å²) in [7, 11) is 1.93. The minimum Gasteiger partial charge on any atom is -0.361 e. The van der Waals surface area contributed by atoms with Crippen molar-refractivity contribution in [2.45, 2.75) is 4.90 Å². The van der Waals surface area contributed by atoms with E-state index < -0.39 is 0 Å². The molecular weight excluding hydrogens is 224 g/mol. The van der Waals surface area contributed by atoms with Gasteiger partial charge in [0, 0.05) is 17.6 Å². The van der Waals surface area contributed by atoms with Gasteiger partial charge in [0.25, 0.3) is 0 Å². The van der Waals surface area contributed by atoms with Crippen LogP contribution in [0, 0.1) is 0 Å². The Kier molecular flexibility index (Phi) is 3.33.